The molecule has 4 heteroatoms. The molecule has 2 aromatic carbocycles. The summed E-state index contributed by atoms with van der Waals surface area (Å²) in [5, 5.41) is 9.88. The second kappa shape index (κ2) is 6.69. The standard InChI is InChI=1S/C18H20ClNO2/c1-13(20-8-10-22-11-9-20)14-2-4-15(5-3-14)16-6-7-18(21)17(19)12-16/h2-7,12-13,21H,8-11H2,1H3/t13-/m1/s1. The van der Waals surface area contributed by atoms with E-state index in [1.807, 2.05) is 6.07 Å². The highest BCUT2D eigenvalue weighted by molar-refractivity contribution is 6.32. The van der Waals surface area contributed by atoms with Gasteiger partial charge in [0.15, 0.2) is 0 Å². The highest BCUT2D eigenvalue weighted by atomic mass is 35.5. The zero-order valence-corrected chi connectivity index (χ0v) is 13.4. The number of hydrogen-bond acceptors (Lipinski definition) is 3. The molecule has 3 rings (SSSR count). The first-order chi connectivity index (χ1) is 10.6. The van der Waals surface area contributed by atoms with E-state index >= 15 is 0 Å². The molecule has 0 aromatic heterocycles. The molecule has 0 bridgehead atoms. The normalized spacial score (nSPS) is 17.4. The van der Waals surface area contributed by atoms with Gasteiger partial charge in [-0.15, -0.1) is 0 Å². The van der Waals surface area contributed by atoms with Crippen molar-refractivity contribution in [3.8, 4) is 16.9 Å². The first-order valence-corrected chi connectivity index (χ1v) is 7.93. The van der Waals surface area contributed by atoms with Gasteiger partial charge in [-0.2, -0.15) is 0 Å². The van der Waals surface area contributed by atoms with Crippen LogP contribution in [0.3, 0.4) is 0 Å². The largest absolute Gasteiger partial charge is 0.506 e. The molecule has 0 aliphatic carbocycles. The summed E-state index contributed by atoms with van der Waals surface area (Å²) in [5.74, 6) is 0.114. The van der Waals surface area contributed by atoms with Crippen LogP contribution in [-0.2, 0) is 4.74 Å². The summed E-state index contributed by atoms with van der Waals surface area (Å²) >= 11 is 5.98. The minimum atomic E-state index is 0.114. The summed E-state index contributed by atoms with van der Waals surface area (Å²) in [6.45, 7) is 5.83. The third kappa shape index (κ3) is 3.27. The predicted molar refractivity (Wildman–Crippen MR) is 89.4 cm³/mol. The van der Waals surface area contributed by atoms with Crippen molar-refractivity contribution in [2.75, 3.05) is 26.3 Å². The SMILES string of the molecule is C[C@H](c1ccc(-c2ccc(O)c(Cl)c2)cc1)N1CCOCC1. The highest BCUT2D eigenvalue weighted by Crippen LogP contribution is 2.30. The molecule has 1 heterocycles. The quantitative estimate of drug-likeness (QED) is 0.925. The van der Waals surface area contributed by atoms with Gasteiger partial charge >= 0.3 is 0 Å². The van der Waals surface area contributed by atoms with Crippen LogP contribution in [0.25, 0.3) is 11.1 Å². The third-order valence-electron chi connectivity index (χ3n) is 4.27. The Morgan fingerprint density at radius 3 is 2.32 bits per heavy atom. The lowest BCUT2D eigenvalue weighted by atomic mass is 10.0. The number of hydrogen-bond donors (Lipinski definition) is 1. The molecule has 1 N–H and O–H groups in total. The maximum atomic E-state index is 9.50. The first-order valence-electron chi connectivity index (χ1n) is 7.56. The smallest absolute Gasteiger partial charge is 0.134 e. The summed E-state index contributed by atoms with van der Waals surface area (Å²) in [6, 6.07) is 14.2. The van der Waals surface area contributed by atoms with Gasteiger partial charge in [-0.3, -0.25) is 4.90 Å². The first kappa shape index (κ1) is 15.3. The molecule has 22 heavy (non-hydrogen) atoms. The zero-order valence-electron chi connectivity index (χ0n) is 12.6. The summed E-state index contributed by atoms with van der Waals surface area (Å²) in [6.07, 6.45) is 0. The number of ether oxygens (including phenoxy) is 1. The van der Waals surface area contributed by atoms with E-state index in [-0.39, 0.29) is 5.75 Å². The fraction of sp³-hybridized carbons (Fsp3) is 0.333. The predicted octanol–water partition coefficient (Wildman–Crippen LogP) is 4.11. The van der Waals surface area contributed by atoms with Crippen molar-refractivity contribution in [1.82, 2.24) is 4.90 Å². The minimum Gasteiger partial charge on any atom is -0.506 e. The third-order valence-corrected chi connectivity index (χ3v) is 4.57. The molecule has 2 aromatic rings. The molecule has 1 aliphatic heterocycles. The summed E-state index contributed by atoms with van der Waals surface area (Å²) in [5.41, 5.74) is 3.41. The minimum absolute atomic E-state index is 0.114. The van der Waals surface area contributed by atoms with E-state index in [2.05, 4.69) is 36.1 Å². The molecule has 1 aliphatic rings. The van der Waals surface area contributed by atoms with Crippen LogP contribution >= 0.6 is 11.6 Å². The number of halogens is 1. The topological polar surface area (TPSA) is 32.7 Å². The van der Waals surface area contributed by atoms with E-state index in [4.69, 9.17) is 16.3 Å². The van der Waals surface area contributed by atoms with E-state index in [1.165, 1.54) is 5.56 Å². The number of rotatable bonds is 3. The van der Waals surface area contributed by atoms with E-state index < -0.39 is 0 Å². The number of benzene rings is 2. The second-order valence-electron chi connectivity index (χ2n) is 5.61. The molecule has 0 unspecified atom stereocenters. The van der Waals surface area contributed by atoms with E-state index in [0.29, 0.717) is 11.1 Å². The van der Waals surface area contributed by atoms with Gasteiger partial charge in [0.2, 0.25) is 0 Å². The molecule has 0 amide bonds. The van der Waals surface area contributed by atoms with Gasteiger partial charge in [-0.25, -0.2) is 0 Å². The van der Waals surface area contributed by atoms with Crippen LogP contribution in [0.15, 0.2) is 42.5 Å². The Labute approximate surface area is 136 Å². The molecule has 1 saturated heterocycles. The van der Waals surface area contributed by atoms with Crippen LogP contribution in [0.2, 0.25) is 5.02 Å². The summed E-state index contributed by atoms with van der Waals surface area (Å²) in [7, 11) is 0. The fourth-order valence-corrected chi connectivity index (χ4v) is 3.00. The van der Waals surface area contributed by atoms with Crippen molar-refractivity contribution >= 4 is 11.6 Å². The average molecular weight is 318 g/mol. The Morgan fingerprint density at radius 1 is 1.05 bits per heavy atom. The fourth-order valence-electron chi connectivity index (χ4n) is 2.82. The lowest BCUT2D eigenvalue weighted by molar-refractivity contribution is 0.0198. The molecule has 3 nitrogen and oxygen atoms in total. The summed E-state index contributed by atoms with van der Waals surface area (Å²) in [4.78, 5) is 2.44. The molecule has 0 radical (unpaired) electrons. The lowest BCUT2D eigenvalue weighted by Crippen LogP contribution is -2.37. The highest BCUT2D eigenvalue weighted by Gasteiger charge is 2.18. The van der Waals surface area contributed by atoms with Gasteiger partial charge in [0.05, 0.1) is 18.2 Å². The van der Waals surface area contributed by atoms with Gasteiger partial charge in [0, 0.05) is 19.1 Å². The van der Waals surface area contributed by atoms with Crippen molar-refractivity contribution in [1.29, 1.82) is 0 Å². The lowest BCUT2D eigenvalue weighted by Gasteiger charge is -2.32. The van der Waals surface area contributed by atoms with Crippen LogP contribution in [-0.4, -0.2) is 36.3 Å². The van der Waals surface area contributed by atoms with Gasteiger partial charge in [-0.05, 0) is 35.7 Å². The van der Waals surface area contributed by atoms with Crippen LogP contribution < -0.4 is 0 Å². The Morgan fingerprint density at radius 2 is 1.68 bits per heavy atom. The maximum absolute atomic E-state index is 9.50. The van der Waals surface area contributed by atoms with Gasteiger partial charge in [0.1, 0.15) is 5.75 Å². The zero-order chi connectivity index (χ0) is 15.5. The molecular weight excluding hydrogens is 298 g/mol. The molecule has 116 valence electrons. The molecule has 0 spiro atoms. The summed E-state index contributed by atoms with van der Waals surface area (Å²) < 4.78 is 5.41. The van der Waals surface area contributed by atoms with Crippen LogP contribution in [0.5, 0.6) is 5.75 Å². The second-order valence-corrected chi connectivity index (χ2v) is 6.02. The van der Waals surface area contributed by atoms with Crippen molar-refractivity contribution in [3.05, 3.63) is 53.1 Å². The molecule has 1 atom stereocenters. The van der Waals surface area contributed by atoms with E-state index in [0.717, 1.165) is 37.4 Å². The van der Waals surface area contributed by atoms with Crippen LogP contribution in [0.4, 0.5) is 0 Å². The molecular formula is C18H20ClNO2. The van der Waals surface area contributed by atoms with E-state index in [9.17, 15) is 5.11 Å². The Hall–Kier alpha value is -1.55. The van der Waals surface area contributed by atoms with E-state index in [1.54, 1.807) is 12.1 Å². The Bertz CT molecular complexity index is 636. The average Bonchev–Trinajstić information content (AvgIpc) is 2.58. The van der Waals surface area contributed by atoms with Crippen molar-refractivity contribution in [2.24, 2.45) is 0 Å². The van der Waals surface area contributed by atoms with Gasteiger partial charge < -0.3 is 9.84 Å². The number of phenolic OH excluding ortho intramolecular Hbond substituents is 1. The monoisotopic (exact) mass is 317 g/mol. The van der Waals surface area contributed by atoms with Gasteiger partial charge in [-0.1, -0.05) is 41.9 Å². The number of phenols is 1. The van der Waals surface area contributed by atoms with Crippen molar-refractivity contribution in [2.45, 2.75) is 13.0 Å². The Kier molecular flexibility index (Phi) is 4.67. The van der Waals surface area contributed by atoms with Gasteiger partial charge in [0.25, 0.3) is 0 Å². The van der Waals surface area contributed by atoms with Crippen molar-refractivity contribution in [3.63, 3.8) is 0 Å². The van der Waals surface area contributed by atoms with Crippen molar-refractivity contribution < 1.29 is 9.84 Å². The number of morpholine rings is 1. The molecule has 1 fully saturated rings. The Balaban J connectivity index is 1.78. The molecule has 0 saturated carbocycles. The van der Waals surface area contributed by atoms with Crippen LogP contribution in [0.1, 0.15) is 18.5 Å². The maximum Gasteiger partial charge on any atom is 0.134 e. The number of nitrogens with zero attached hydrogens (tertiary/aromatic N) is 1. The van der Waals surface area contributed by atoms with Crippen LogP contribution in [0, 0.1) is 0 Å². The number of aromatic hydroxyl groups is 1.